The average molecular weight is 185 g/mol. The second-order valence-corrected chi connectivity index (χ2v) is 3.11. The molecule has 0 saturated carbocycles. The van der Waals surface area contributed by atoms with Crippen molar-refractivity contribution in [2.45, 2.75) is 25.8 Å². The van der Waals surface area contributed by atoms with Gasteiger partial charge in [0.15, 0.2) is 0 Å². The molecular formula is C10H13F2N. The number of halogens is 2. The highest BCUT2D eigenvalue weighted by Gasteiger charge is 2.07. The summed E-state index contributed by atoms with van der Waals surface area (Å²) < 4.78 is 25.5. The average Bonchev–Trinajstić information content (AvgIpc) is 2.09. The summed E-state index contributed by atoms with van der Waals surface area (Å²) in [6, 6.07) is 3.53. The van der Waals surface area contributed by atoms with E-state index >= 15 is 0 Å². The molecule has 2 N–H and O–H groups in total. The van der Waals surface area contributed by atoms with E-state index in [-0.39, 0.29) is 6.04 Å². The highest BCUT2D eigenvalue weighted by Crippen LogP contribution is 2.11. The summed E-state index contributed by atoms with van der Waals surface area (Å²) in [5, 5.41) is 0. The van der Waals surface area contributed by atoms with Crippen LogP contribution in [0.4, 0.5) is 8.78 Å². The van der Waals surface area contributed by atoms with E-state index in [1.54, 1.807) is 0 Å². The van der Waals surface area contributed by atoms with Crippen LogP contribution in [0.15, 0.2) is 18.2 Å². The Balaban J connectivity index is 2.77. The van der Waals surface area contributed by atoms with Gasteiger partial charge in [0.25, 0.3) is 0 Å². The standard InChI is InChI=1S/C10H13F2N/c1-2-9(13)5-7-3-4-8(11)6-10(7)12/h3-4,6,9H,2,5,13H2,1H3/t9-/m0/s1. The van der Waals surface area contributed by atoms with Crippen molar-refractivity contribution in [3.8, 4) is 0 Å². The largest absolute Gasteiger partial charge is 0.327 e. The van der Waals surface area contributed by atoms with Crippen LogP contribution in [-0.4, -0.2) is 6.04 Å². The first kappa shape index (κ1) is 10.1. The molecule has 0 amide bonds. The van der Waals surface area contributed by atoms with Gasteiger partial charge in [-0.1, -0.05) is 13.0 Å². The summed E-state index contributed by atoms with van der Waals surface area (Å²) in [6.45, 7) is 1.94. The van der Waals surface area contributed by atoms with Gasteiger partial charge in [-0.3, -0.25) is 0 Å². The molecule has 0 aliphatic rings. The fourth-order valence-corrected chi connectivity index (χ4v) is 1.11. The number of nitrogens with two attached hydrogens (primary N) is 1. The SMILES string of the molecule is CC[C@H](N)Cc1ccc(F)cc1F. The van der Waals surface area contributed by atoms with E-state index in [9.17, 15) is 8.78 Å². The van der Waals surface area contributed by atoms with Crippen molar-refractivity contribution < 1.29 is 8.78 Å². The Kier molecular flexibility index (Phi) is 3.37. The topological polar surface area (TPSA) is 26.0 Å². The Hall–Kier alpha value is -0.960. The molecule has 72 valence electrons. The third-order valence-electron chi connectivity index (χ3n) is 2.02. The molecule has 3 heteroatoms. The Labute approximate surface area is 76.6 Å². The van der Waals surface area contributed by atoms with Crippen LogP contribution in [-0.2, 0) is 6.42 Å². The summed E-state index contributed by atoms with van der Waals surface area (Å²) in [6.07, 6.45) is 1.25. The Bertz CT molecular complexity index is 286. The number of hydrogen-bond donors (Lipinski definition) is 1. The Morgan fingerprint density at radius 2 is 2.08 bits per heavy atom. The van der Waals surface area contributed by atoms with E-state index in [0.717, 1.165) is 12.5 Å². The maximum absolute atomic E-state index is 13.1. The minimum Gasteiger partial charge on any atom is -0.327 e. The highest BCUT2D eigenvalue weighted by molar-refractivity contribution is 5.19. The van der Waals surface area contributed by atoms with E-state index in [4.69, 9.17) is 5.73 Å². The first-order valence-electron chi connectivity index (χ1n) is 4.33. The van der Waals surface area contributed by atoms with Crippen molar-refractivity contribution >= 4 is 0 Å². The molecule has 1 nitrogen and oxygen atoms in total. The van der Waals surface area contributed by atoms with Crippen LogP contribution in [0.2, 0.25) is 0 Å². The maximum Gasteiger partial charge on any atom is 0.129 e. The monoisotopic (exact) mass is 185 g/mol. The number of benzene rings is 1. The fourth-order valence-electron chi connectivity index (χ4n) is 1.11. The third kappa shape index (κ3) is 2.77. The molecular weight excluding hydrogens is 172 g/mol. The fraction of sp³-hybridized carbons (Fsp3) is 0.400. The van der Waals surface area contributed by atoms with Gasteiger partial charge < -0.3 is 5.73 Å². The van der Waals surface area contributed by atoms with E-state index in [1.807, 2.05) is 6.92 Å². The van der Waals surface area contributed by atoms with Crippen LogP contribution < -0.4 is 5.73 Å². The van der Waals surface area contributed by atoms with Gasteiger partial charge in [-0.05, 0) is 24.5 Å². The molecule has 0 bridgehead atoms. The predicted octanol–water partition coefficient (Wildman–Crippen LogP) is 2.24. The van der Waals surface area contributed by atoms with E-state index < -0.39 is 11.6 Å². The van der Waals surface area contributed by atoms with E-state index in [1.165, 1.54) is 12.1 Å². The van der Waals surface area contributed by atoms with Crippen molar-refractivity contribution in [1.82, 2.24) is 0 Å². The molecule has 0 aliphatic carbocycles. The summed E-state index contributed by atoms with van der Waals surface area (Å²) in [5.41, 5.74) is 6.13. The van der Waals surface area contributed by atoms with Crippen LogP contribution in [0.3, 0.4) is 0 Å². The molecule has 0 aromatic heterocycles. The molecule has 0 aliphatic heterocycles. The van der Waals surface area contributed by atoms with Crippen LogP contribution in [0.5, 0.6) is 0 Å². The molecule has 0 heterocycles. The molecule has 0 spiro atoms. The lowest BCUT2D eigenvalue weighted by molar-refractivity contribution is 0.556. The van der Waals surface area contributed by atoms with Crippen molar-refractivity contribution in [1.29, 1.82) is 0 Å². The molecule has 0 unspecified atom stereocenters. The molecule has 1 rings (SSSR count). The molecule has 1 aromatic rings. The molecule has 0 saturated heterocycles. The van der Waals surface area contributed by atoms with Gasteiger partial charge in [-0.2, -0.15) is 0 Å². The van der Waals surface area contributed by atoms with Crippen LogP contribution in [0, 0.1) is 11.6 Å². The zero-order valence-electron chi connectivity index (χ0n) is 7.56. The van der Waals surface area contributed by atoms with Gasteiger partial charge in [-0.25, -0.2) is 8.78 Å². The predicted molar refractivity (Wildman–Crippen MR) is 48.3 cm³/mol. The van der Waals surface area contributed by atoms with Crippen molar-refractivity contribution in [2.24, 2.45) is 5.73 Å². The first-order chi connectivity index (χ1) is 6.13. The van der Waals surface area contributed by atoms with Crippen molar-refractivity contribution in [2.75, 3.05) is 0 Å². The summed E-state index contributed by atoms with van der Waals surface area (Å²) >= 11 is 0. The minimum absolute atomic E-state index is 0.0556. The lowest BCUT2D eigenvalue weighted by atomic mass is 10.0. The van der Waals surface area contributed by atoms with E-state index in [2.05, 4.69) is 0 Å². The first-order valence-corrected chi connectivity index (χ1v) is 4.33. The van der Waals surface area contributed by atoms with Gasteiger partial charge in [-0.15, -0.1) is 0 Å². The molecule has 0 radical (unpaired) electrons. The smallest absolute Gasteiger partial charge is 0.129 e. The molecule has 13 heavy (non-hydrogen) atoms. The normalized spacial score (nSPS) is 12.9. The number of hydrogen-bond acceptors (Lipinski definition) is 1. The third-order valence-corrected chi connectivity index (χ3v) is 2.02. The zero-order valence-corrected chi connectivity index (χ0v) is 7.56. The minimum atomic E-state index is -0.550. The Morgan fingerprint density at radius 1 is 1.38 bits per heavy atom. The second kappa shape index (κ2) is 4.33. The summed E-state index contributed by atoms with van der Waals surface area (Å²) in [7, 11) is 0. The van der Waals surface area contributed by atoms with Crippen LogP contribution in [0.1, 0.15) is 18.9 Å². The Morgan fingerprint density at radius 3 is 2.62 bits per heavy atom. The van der Waals surface area contributed by atoms with Gasteiger partial charge in [0.05, 0.1) is 0 Å². The van der Waals surface area contributed by atoms with Gasteiger partial charge in [0.1, 0.15) is 11.6 Å². The van der Waals surface area contributed by atoms with Gasteiger partial charge in [0, 0.05) is 12.1 Å². The lowest BCUT2D eigenvalue weighted by Crippen LogP contribution is -2.21. The molecule has 0 fully saturated rings. The van der Waals surface area contributed by atoms with Crippen molar-refractivity contribution in [3.63, 3.8) is 0 Å². The summed E-state index contributed by atoms with van der Waals surface area (Å²) in [4.78, 5) is 0. The van der Waals surface area contributed by atoms with Gasteiger partial charge >= 0.3 is 0 Å². The maximum atomic E-state index is 13.1. The van der Waals surface area contributed by atoms with Crippen LogP contribution >= 0.6 is 0 Å². The quantitative estimate of drug-likeness (QED) is 0.767. The summed E-state index contributed by atoms with van der Waals surface area (Å²) in [5.74, 6) is -1.06. The van der Waals surface area contributed by atoms with Crippen molar-refractivity contribution in [3.05, 3.63) is 35.4 Å². The number of rotatable bonds is 3. The van der Waals surface area contributed by atoms with E-state index in [0.29, 0.717) is 12.0 Å². The van der Waals surface area contributed by atoms with Crippen LogP contribution in [0.25, 0.3) is 0 Å². The van der Waals surface area contributed by atoms with Gasteiger partial charge in [0.2, 0.25) is 0 Å². The molecule has 1 atom stereocenters. The highest BCUT2D eigenvalue weighted by atomic mass is 19.1. The zero-order chi connectivity index (χ0) is 9.84. The second-order valence-electron chi connectivity index (χ2n) is 3.11. The lowest BCUT2D eigenvalue weighted by Gasteiger charge is -2.08. The molecule has 1 aromatic carbocycles.